The molecule has 2 N–H and O–H groups in total. The molecule has 1 aliphatic rings. The first-order valence-electron chi connectivity index (χ1n) is 12.0. The van der Waals surface area contributed by atoms with Crippen LogP contribution in [0.15, 0.2) is 77.6 Å². The third-order valence-electron chi connectivity index (χ3n) is 6.42. The monoisotopic (exact) mass is 500 g/mol. The number of hydrogen-bond donors (Lipinski definition) is 2. The average Bonchev–Trinajstić information content (AvgIpc) is 3.39. The zero-order chi connectivity index (χ0) is 25.8. The van der Waals surface area contributed by atoms with Crippen molar-refractivity contribution in [3.8, 4) is 0 Å². The Hall–Kier alpha value is -4.53. The van der Waals surface area contributed by atoms with E-state index < -0.39 is 17.8 Å². The van der Waals surface area contributed by atoms with Gasteiger partial charge in [-0.05, 0) is 35.7 Å². The van der Waals surface area contributed by atoms with Gasteiger partial charge in [0.15, 0.2) is 0 Å². The first-order valence-corrected chi connectivity index (χ1v) is 12.0. The van der Waals surface area contributed by atoms with Crippen molar-refractivity contribution in [2.24, 2.45) is 0 Å². The van der Waals surface area contributed by atoms with Crippen LogP contribution in [0.1, 0.15) is 33.6 Å². The molecule has 9 heteroatoms. The maximum atomic E-state index is 14.7. The number of hydrogen-bond acceptors (Lipinski definition) is 5. The summed E-state index contributed by atoms with van der Waals surface area (Å²) in [6, 6.07) is 20.6. The molecule has 0 unspecified atom stereocenters. The summed E-state index contributed by atoms with van der Waals surface area (Å²) in [7, 11) is 0. The number of fused-ring (bicyclic) bond motifs is 1. The Morgan fingerprint density at radius 1 is 1.03 bits per heavy atom. The van der Waals surface area contributed by atoms with Crippen LogP contribution in [0.3, 0.4) is 0 Å². The number of halogens is 1. The maximum Gasteiger partial charge on any atom is 0.407 e. The molecule has 1 fully saturated rings. The number of likely N-dealkylation sites (tertiary alicyclic amines) is 1. The molecule has 8 nitrogen and oxygen atoms in total. The Labute approximate surface area is 212 Å². The van der Waals surface area contributed by atoms with Crippen LogP contribution >= 0.6 is 0 Å². The summed E-state index contributed by atoms with van der Waals surface area (Å²) in [5.41, 5.74) is 1.86. The van der Waals surface area contributed by atoms with E-state index in [4.69, 9.17) is 4.74 Å². The Kier molecular flexibility index (Phi) is 6.93. The third-order valence-corrected chi connectivity index (χ3v) is 6.42. The zero-order valence-electron chi connectivity index (χ0n) is 19.9. The number of carbonyl (C=O) groups excluding carboxylic acids is 2. The lowest BCUT2D eigenvalue weighted by molar-refractivity contribution is 0.0782. The second-order valence-electron chi connectivity index (χ2n) is 8.98. The lowest BCUT2D eigenvalue weighted by Crippen LogP contribution is -2.38. The topological polar surface area (TPSA) is 104 Å². The van der Waals surface area contributed by atoms with Gasteiger partial charge in [-0.1, -0.05) is 54.6 Å². The first-order chi connectivity index (χ1) is 18.0. The number of benzene rings is 3. The van der Waals surface area contributed by atoms with Crippen molar-refractivity contribution in [2.75, 3.05) is 13.1 Å². The maximum absolute atomic E-state index is 14.7. The van der Waals surface area contributed by atoms with Gasteiger partial charge < -0.3 is 15.0 Å². The van der Waals surface area contributed by atoms with E-state index in [2.05, 4.69) is 15.5 Å². The van der Waals surface area contributed by atoms with Crippen LogP contribution in [-0.4, -0.2) is 46.2 Å². The van der Waals surface area contributed by atoms with Crippen molar-refractivity contribution < 1.29 is 18.7 Å². The summed E-state index contributed by atoms with van der Waals surface area (Å²) in [6.45, 7) is 0.798. The van der Waals surface area contributed by atoms with Crippen LogP contribution in [0.4, 0.5) is 9.18 Å². The molecule has 3 aromatic carbocycles. The molecule has 0 aliphatic carbocycles. The fraction of sp³-hybridized carbons (Fsp3) is 0.214. The molecule has 1 saturated heterocycles. The lowest BCUT2D eigenvalue weighted by Gasteiger charge is -2.18. The Morgan fingerprint density at radius 2 is 1.78 bits per heavy atom. The molecule has 5 rings (SSSR count). The Bertz CT molecular complexity index is 1510. The van der Waals surface area contributed by atoms with Crippen molar-refractivity contribution in [2.45, 2.75) is 25.5 Å². The van der Waals surface area contributed by atoms with Gasteiger partial charge in [-0.2, -0.15) is 5.10 Å². The van der Waals surface area contributed by atoms with Crippen LogP contribution in [-0.2, 0) is 17.8 Å². The number of aromatic amines is 1. The smallest absolute Gasteiger partial charge is 0.407 e. The van der Waals surface area contributed by atoms with Crippen molar-refractivity contribution in [3.05, 3.63) is 111 Å². The highest BCUT2D eigenvalue weighted by molar-refractivity contribution is 5.95. The van der Waals surface area contributed by atoms with Gasteiger partial charge in [0, 0.05) is 24.9 Å². The molecule has 0 bridgehead atoms. The van der Waals surface area contributed by atoms with Gasteiger partial charge in [-0.25, -0.2) is 14.3 Å². The summed E-state index contributed by atoms with van der Waals surface area (Å²) >= 11 is 0. The van der Waals surface area contributed by atoms with Gasteiger partial charge in [0.2, 0.25) is 0 Å². The molecule has 2 amide bonds. The van der Waals surface area contributed by atoms with Crippen molar-refractivity contribution in [1.29, 1.82) is 0 Å². The predicted molar refractivity (Wildman–Crippen MR) is 136 cm³/mol. The van der Waals surface area contributed by atoms with E-state index >= 15 is 0 Å². The fourth-order valence-corrected chi connectivity index (χ4v) is 4.51. The molecule has 0 saturated carbocycles. The number of H-pyrrole nitrogens is 1. The van der Waals surface area contributed by atoms with Gasteiger partial charge in [-0.3, -0.25) is 9.59 Å². The average molecular weight is 501 g/mol. The highest BCUT2D eigenvalue weighted by Gasteiger charge is 2.29. The Balaban J connectivity index is 1.23. The minimum atomic E-state index is -0.619. The van der Waals surface area contributed by atoms with Crippen LogP contribution < -0.4 is 10.9 Å². The third kappa shape index (κ3) is 5.50. The van der Waals surface area contributed by atoms with E-state index in [9.17, 15) is 18.8 Å². The number of ether oxygens (including phenoxy) is 1. The molecule has 4 aromatic rings. The minimum absolute atomic E-state index is 0.0430. The van der Waals surface area contributed by atoms with Gasteiger partial charge in [-0.15, -0.1) is 0 Å². The molecule has 188 valence electrons. The normalized spacial score (nSPS) is 15.1. The molecule has 2 heterocycles. The van der Waals surface area contributed by atoms with E-state index in [1.54, 1.807) is 18.2 Å². The number of aromatic nitrogens is 2. The number of amides is 2. The van der Waals surface area contributed by atoms with E-state index in [1.165, 1.54) is 17.0 Å². The molecular weight excluding hydrogens is 475 g/mol. The number of alkyl carbamates (subject to hydrolysis) is 1. The van der Waals surface area contributed by atoms with Crippen LogP contribution in [0.25, 0.3) is 10.8 Å². The van der Waals surface area contributed by atoms with Gasteiger partial charge >= 0.3 is 6.09 Å². The summed E-state index contributed by atoms with van der Waals surface area (Å²) in [6.07, 6.45) is 0.299. The van der Waals surface area contributed by atoms with Crippen LogP contribution in [0.5, 0.6) is 0 Å². The first kappa shape index (κ1) is 24.2. The SMILES string of the molecule is O=C(N[C@H]1CCN(C(=O)c2cc(Cc3n[nH]c(=O)c4ccccc34)ccc2F)C1)OCc1ccccc1. The molecule has 37 heavy (non-hydrogen) atoms. The summed E-state index contributed by atoms with van der Waals surface area (Å²) in [4.78, 5) is 38.9. The van der Waals surface area contributed by atoms with E-state index in [1.807, 2.05) is 42.5 Å². The molecule has 1 aliphatic heterocycles. The molecular formula is C28H25FN4O4. The summed E-state index contributed by atoms with van der Waals surface area (Å²) < 4.78 is 19.9. The standard InChI is InChI=1S/C28H25FN4O4/c29-24-11-10-19(15-25-21-8-4-5-9-22(21)26(34)32-31-25)14-23(24)27(35)33-13-12-20(16-33)30-28(36)37-17-18-6-2-1-3-7-18/h1-11,14,20H,12-13,15-17H2,(H,30,36)(H,32,34)/t20-/m0/s1. The van der Waals surface area contributed by atoms with Crippen molar-refractivity contribution in [1.82, 2.24) is 20.4 Å². The molecule has 1 atom stereocenters. The van der Waals surface area contributed by atoms with Crippen LogP contribution in [0.2, 0.25) is 0 Å². The highest BCUT2D eigenvalue weighted by atomic mass is 19.1. The lowest BCUT2D eigenvalue weighted by atomic mass is 10.0. The van der Waals surface area contributed by atoms with Crippen molar-refractivity contribution in [3.63, 3.8) is 0 Å². The molecule has 1 aromatic heterocycles. The van der Waals surface area contributed by atoms with E-state index in [0.29, 0.717) is 41.4 Å². The number of nitrogens with zero attached hydrogens (tertiary/aromatic N) is 2. The minimum Gasteiger partial charge on any atom is -0.445 e. The second-order valence-corrected chi connectivity index (χ2v) is 8.98. The zero-order valence-corrected chi connectivity index (χ0v) is 19.9. The molecule has 0 radical (unpaired) electrons. The van der Waals surface area contributed by atoms with Crippen LogP contribution in [0, 0.1) is 5.82 Å². The van der Waals surface area contributed by atoms with Gasteiger partial charge in [0.1, 0.15) is 12.4 Å². The molecule has 0 spiro atoms. The summed E-state index contributed by atoms with van der Waals surface area (Å²) in [5.74, 6) is -1.06. The predicted octanol–water partition coefficient (Wildman–Crippen LogP) is 3.79. The quantitative estimate of drug-likeness (QED) is 0.419. The second kappa shape index (κ2) is 10.6. The highest BCUT2D eigenvalue weighted by Crippen LogP contribution is 2.21. The summed E-state index contributed by atoms with van der Waals surface area (Å²) in [5, 5.41) is 10.7. The van der Waals surface area contributed by atoms with E-state index in [0.717, 1.165) is 5.56 Å². The number of rotatable bonds is 6. The number of nitrogens with one attached hydrogen (secondary N) is 2. The number of carbonyl (C=O) groups is 2. The largest absolute Gasteiger partial charge is 0.445 e. The Morgan fingerprint density at radius 3 is 2.59 bits per heavy atom. The van der Waals surface area contributed by atoms with Crippen molar-refractivity contribution >= 4 is 22.8 Å². The van der Waals surface area contributed by atoms with Gasteiger partial charge in [0.05, 0.1) is 22.7 Å². The van der Waals surface area contributed by atoms with E-state index in [-0.39, 0.29) is 30.3 Å². The van der Waals surface area contributed by atoms with Gasteiger partial charge in [0.25, 0.3) is 11.5 Å². The fourth-order valence-electron chi connectivity index (χ4n) is 4.51.